The van der Waals surface area contributed by atoms with Crippen molar-refractivity contribution in [2.24, 2.45) is 0 Å². The molecule has 0 radical (unpaired) electrons. The summed E-state index contributed by atoms with van der Waals surface area (Å²) in [5.74, 6) is 0.337. The Morgan fingerprint density at radius 1 is 0.938 bits per heavy atom. The van der Waals surface area contributed by atoms with E-state index in [0.717, 1.165) is 6.16 Å². The molecule has 0 bridgehead atoms. The highest BCUT2D eigenvalue weighted by atomic mass is 31.1. The molecule has 0 spiro atoms. The van der Waals surface area contributed by atoms with E-state index in [1.165, 1.54) is 10.9 Å². The summed E-state index contributed by atoms with van der Waals surface area (Å²) in [6.45, 7) is 2.29. The molecule has 2 heteroatoms. The Labute approximate surface area is 97.5 Å². The van der Waals surface area contributed by atoms with Gasteiger partial charge in [-0.2, -0.15) is 0 Å². The molecule has 2 rings (SSSR count). The monoisotopic (exact) mass is 230 g/mol. The van der Waals surface area contributed by atoms with Crippen LogP contribution in [0.15, 0.2) is 54.6 Å². The van der Waals surface area contributed by atoms with Gasteiger partial charge >= 0.3 is 0 Å². The molecule has 0 heterocycles. The van der Waals surface area contributed by atoms with Crippen LogP contribution in [0.5, 0.6) is 5.75 Å². The average molecular weight is 230 g/mol. The van der Waals surface area contributed by atoms with Gasteiger partial charge in [-0.15, -0.1) is 0 Å². The fraction of sp³-hybridized carbons (Fsp3) is 0.143. The smallest absolute Gasteiger partial charge is 0.115 e. The average Bonchev–Trinajstić information content (AvgIpc) is 2.33. The molecule has 0 saturated carbocycles. The normalized spacial score (nSPS) is 12.3. The van der Waals surface area contributed by atoms with Gasteiger partial charge in [0.15, 0.2) is 0 Å². The molecule has 0 fully saturated rings. The summed E-state index contributed by atoms with van der Waals surface area (Å²) >= 11 is 0. The van der Waals surface area contributed by atoms with E-state index < -0.39 is 0 Å². The molecule has 1 unspecified atom stereocenters. The predicted molar refractivity (Wildman–Crippen MR) is 70.7 cm³/mol. The topological polar surface area (TPSA) is 20.2 Å². The fourth-order valence-electron chi connectivity index (χ4n) is 1.65. The van der Waals surface area contributed by atoms with Gasteiger partial charge in [0, 0.05) is 0 Å². The number of rotatable bonds is 3. The van der Waals surface area contributed by atoms with Crippen LogP contribution in [-0.4, -0.2) is 11.8 Å². The maximum atomic E-state index is 9.21. The first-order valence-electron chi connectivity index (χ1n) is 5.30. The van der Waals surface area contributed by atoms with Crippen molar-refractivity contribution in [3.05, 3.63) is 60.2 Å². The molecule has 0 aliphatic rings. The Morgan fingerprint density at radius 3 is 2.19 bits per heavy atom. The molecule has 0 amide bonds. The van der Waals surface area contributed by atoms with Crippen molar-refractivity contribution < 1.29 is 5.11 Å². The first kappa shape index (κ1) is 11.2. The lowest BCUT2D eigenvalue weighted by atomic mass is 10.2. The summed E-state index contributed by atoms with van der Waals surface area (Å²) in [6, 6.07) is 18.1. The molecular formula is C14H15OP. The van der Waals surface area contributed by atoms with Crippen LogP contribution in [0.2, 0.25) is 0 Å². The minimum atomic E-state index is -0.143. The lowest BCUT2D eigenvalue weighted by Gasteiger charge is -2.12. The van der Waals surface area contributed by atoms with Crippen molar-refractivity contribution in [3.8, 4) is 5.75 Å². The Morgan fingerprint density at radius 2 is 1.56 bits per heavy atom. The van der Waals surface area contributed by atoms with Crippen LogP contribution in [0.1, 0.15) is 5.56 Å². The van der Waals surface area contributed by atoms with Crippen molar-refractivity contribution in [1.82, 2.24) is 0 Å². The SMILES string of the molecule is CP(Cc1ccc(O)cc1)c1ccccc1. The third-order valence-electron chi connectivity index (χ3n) is 2.55. The molecule has 82 valence electrons. The van der Waals surface area contributed by atoms with E-state index in [-0.39, 0.29) is 7.92 Å². The van der Waals surface area contributed by atoms with Gasteiger partial charge in [-0.3, -0.25) is 0 Å². The summed E-state index contributed by atoms with van der Waals surface area (Å²) in [5, 5.41) is 10.6. The second kappa shape index (κ2) is 5.14. The van der Waals surface area contributed by atoms with Crippen molar-refractivity contribution in [2.75, 3.05) is 6.66 Å². The van der Waals surface area contributed by atoms with Gasteiger partial charge in [0.25, 0.3) is 0 Å². The maximum absolute atomic E-state index is 9.21. The molecule has 1 N–H and O–H groups in total. The van der Waals surface area contributed by atoms with Crippen molar-refractivity contribution in [1.29, 1.82) is 0 Å². The Bertz CT molecular complexity index is 436. The summed E-state index contributed by atoms with van der Waals surface area (Å²) < 4.78 is 0. The Kier molecular flexibility index (Phi) is 3.58. The van der Waals surface area contributed by atoms with Gasteiger partial charge in [0.1, 0.15) is 5.75 Å². The lowest BCUT2D eigenvalue weighted by Crippen LogP contribution is -2.00. The lowest BCUT2D eigenvalue weighted by molar-refractivity contribution is 0.475. The van der Waals surface area contributed by atoms with Gasteiger partial charge in [-0.25, -0.2) is 0 Å². The molecule has 1 nitrogen and oxygen atoms in total. The largest absolute Gasteiger partial charge is 0.508 e. The third kappa shape index (κ3) is 2.84. The minimum Gasteiger partial charge on any atom is -0.508 e. The van der Waals surface area contributed by atoms with Gasteiger partial charge in [-0.1, -0.05) is 50.4 Å². The predicted octanol–water partition coefficient (Wildman–Crippen LogP) is 3.33. The molecular weight excluding hydrogens is 215 g/mol. The first-order valence-corrected chi connectivity index (χ1v) is 7.27. The molecule has 16 heavy (non-hydrogen) atoms. The van der Waals surface area contributed by atoms with Crippen molar-refractivity contribution in [2.45, 2.75) is 6.16 Å². The summed E-state index contributed by atoms with van der Waals surface area (Å²) in [6.07, 6.45) is 1.07. The highest BCUT2D eigenvalue weighted by Gasteiger charge is 2.04. The van der Waals surface area contributed by atoms with Crippen LogP contribution in [-0.2, 0) is 6.16 Å². The highest BCUT2D eigenvalue weighted by molar-refractivity contribution is 7.64. The maximum Gasteiger partial charge on any atom is 0.115 e. The van der Waals surface area contributed by atoms with E-state index in [1.54, 1.807) is 12.1 Å². The minimum absolute atomic E-state index is 0.143. The van der Waals surface area contributed by atoms with E-state index >= 15 is 0 Å². The Balaban J connectivity index is 2.08. The second-order valence-corrected chi connectivity index (χ2v) is 6.09. The molecule has 0 aliphatic carbocycles. The molecule has 0 aromatic heterocycles. The Hall–Kier alpha value is -1.33. The number of phenols is 1. The van der Waals surface area contributed by atoms with E-state index in [0.29, 0.717) is 5.75 Å². The number of phenolic OH excluding ortho intramolecular Hbond substituents is 1. The quantitative estimate of drug-likeness (QED) is 0.802. The van der Waals surface area contributed by atoms with Crippen LogP contribution >= 0.6 is 7.92 Å². The van der Waals surface area contributed by atoms with E-state index in [2.05, 4.69) is 30.9 Å². The van der Waals surface area contributed by atoms with Crippen LogP contribution in [0.3, 0.4) is 0 Å². The zero-order valence-electron chi connectivity index (χ0n) is 9.30. The molecule has 2 aromatic rings. The number of aromatic hydroxyl groups is 1. The third-order valence-corrected chi connectivity index (χ3v) is 4.57. The fourth-order valence-corrected chi connectivity index (χ4v) is 3.27. The number of benzene rings is 2. The first-order chi connectivity index (χ1) is 7.75. The highest BCUT2D eigenvalue weighted by Crippen LogP contribution is 2.34. The zero-order valence-corrected chi connectivity index (χ0v) is 10.2. The van der Waals surface area contributed by atoms with E-state index in [9.17, 15) is 5.11 Å². The van der Waals surface area contributed by atoms with Crippen molar-refractivity contribution in [3.63, 3.8) is 0 Å². The van der Waals surface area contributed by atoms with E-state index in [1.807, 2.05) is 18.2 Å². The van der Waals surface area contributed by atoms with Gasteiger partial charge in [-0.05, 0) is 35.8 Å². The molecule has 1 atom stereocenters. The standard InChI is InChI=1S/C14H15OP/c1-16(14-5-3-2-4-6-14)11-12-7-9-13(15)10-8-12/h2-10,15H,11H2,1H3. The molecule has 2 aromatic carbocycles. The van der Waals surface area contributed by atoms with Crippen LogP contribution in [0.25, 0.3) is 0 Å². The number of hydrogen-bond donors (Lipinski definition) is 1. The van der Waals surface area contributed by atoms with Crippen molar-refractivity contribution >= 4 is 13.2 Å². The molecule has 0 saturated heterocycles. The summed E-state index contributed by atoms with van der Waals surface area (Å²) in [5.41, 5.74) is 1.29. The summed E-state index contributed by atoms with van der Waals surface area (Å²) in [4.78, 5) is 0. The summed E-state index contributed by atoms with van der Waals surface area (Å²) in [7, 11) is -0.143. The van der Waals surface area contributed by atoms with E-state index in [4.69, 9.17) is 0 Å². The van der Waals surface area contributed by atoms with Crippen LogP contribution < -0.4 is 5.30 Å². The van der Waals surface area contributed by atoms with Crippen LogP contribution in [0, 0.1) is 0 Å². The second-order valence-electron chi connectivity index (χ2n) is 3.86. The van der Waals surface area contributed by atoms with Gasteiger partial charge in [0.05, 0.1) is 0 Å². The zero-order chi connectivity index (χ0) is 11.4. The van der Waals surface area contributed by atoms with Crippen LogP contribution in [0.4, 0.5) is 0 Å². The van der Waals surface area contributed by atoms with Gasteiger partial charge < -0.3 is 5.11 Å². The molecule has 0 aliphatic heterocycles. The number of hydrogen-bond acceptors (Lipinski definition) is 1. The van der Waals surface area contributed by atoms with Gasteiger partial charge in [0.2, 0.25) is 0 Å².